The summed E-state index contributed by atoms with van der Waals surface area (Å²) < 4.78 is 0. The van der Waals surface area contributed by atoms with Gasteiger partial charge in [-0.25, -0.2) is 9.97 Å². The van der Waals surface area contributed by atoms with Crippen LogP contribution in [0.4, 0.5) is 17.3 Å². The van der Waals surface area contributed by atoms with E-state index in [1.165, 1.54) is 6.33 Å². The Morgan fingerprint density at radius 2 is 1.95 bits per heavy atom. The lowest BCUT2D eigenvalue weighted by Gasteiger charge is -2.12. The summed E-state index contributed by atoms with van der Waals surface area (Å²) in [5.41, 5.74) is 1.32. The lowest BCUT2D eigenvalue weighted by Crippen LogP contribution is -2.21. The molecule has 2 aromatic rings. The zero-order chi connectivity index (χ0) is 15.1. The Morgan fingerprint density at radius 1 is 1.19 bits per heavy atom. The average Bonchev–Trinajstić information content (AvgIpc) is 2.48. The summed E-state index contributed by atoms with van der Waals surface area (Å²) in [6, 6.07) is 11.3. The minimum Gasteiger partial charge on any atom is -0.369 e. The molecule has 21 heavy (non-hydrogen) atoms. The van der Waals surface area contributed by atoms with Crippen LogP contribution in [-0.4, -0.2) is 42.1 Å². The molecule has 0 saturated heterocycles. The number of likely N-dealkylation sites (N-methyl/N-ethyl adjacent to an activating group) is 1. The molecule has 0 amide bonds. The fourth-order valence-electron chi connectivity index (χ4n) is 1.76. The van der Waals surface area contributed by atoms with E-state index in [-0.39, 0.29) is 0 Å². The van der Waals surface area contributed by atoms with Crippen LogP contribution in [0, 0.1) is 11.3 Å². The SMILES string of the molecule is CN(C)CCNc1cc(Nc2ccccc2C#N)ncn1. The van der Waals surface area contributed by atoms with Gasteiger partial charge in [0, 0.05) is 19.2 Å². The van der Waals surface area contributed by atoms with Crippen molar-refractivity contribution in [2.45, 2.75) is 0 Å². The van der Waals surface area contributed by atoms with Crippen molar-refractivity contribution >= 4 is 17.3 Å². The predicted octanol–water partition coefficient (Wildman–Crippen LogP) is 2.07. The monoisotopic (exact) mass is 282 g/mol. The number of hydrogen-bond acceptors (Lipinski definition) is 6. The molecule has 0 saturated carbocycles. The van der Waals surface area contributed by atoms with Gasteiger partial charge in [0.2, 0.25) is 0 Å². The first-order valence-electron chi connectivity index (χ1n) is 6.66. The van der Waals surface area contributed by atoms with Gasteiger partial charge in [-0.1, -0.05) is 12.1 Å². The Kier molecular flexibility index (Phi) is 5.07. The molecule has 0 aliphatic rings. The number of rotatable bonds is 6. The molecule has 1 aromatic heterocycles. The zero-order valence-corrected chi connectivity index (χ0v) is 12.2. The highest BCUT2D eigenvalue weighted by atomic mass is 15.1. The second-order valence-corrected chi connectivity index (χ2v) is 4.80. The second kappa shape index (κ2) is 7.22. The number of anilines is 3. The van der Waals surface area contributed by atoms with Crippen molar-refractivity contribution in [1.29, 1.82) is 5.26 Å². The molecule has 108 valence electrons. The van der Waals surface area contributed by atoms with E-state index in [1.807, 2.05) is 38.4 Å². The van der Waals surface area contributed by atoms with Crippen LogP contribution in [0.15, 0.2) is 36.7 Å². The van der Waals surface area contributed by atoms with Crippen molar-refractivity contribution in [1.82, 2.24) is 14.9 Å². The molecule has 2 rings (SSSR count). The average molecular weight is 282 g/mol. The lowest BCUT2D eigenvalue weighted by molar-refractivity contribution is 0.425. The molecule has 0 radical (unpaired) electrons. The fourth-order valence-corrected chi connectivity index (χ4v) is 1.76. The van der Waals surface area contributed by atoms with Crippen LogP contribution in [0.3, 0.4) is 0 Å². The number of nitrogens with one attached hydrogen (secondary N) is 2. The predicted molar refractivity (Wildman–Crippen MR) is 83.5 cm³/mol. The van der Waals surface area contributed by atoms with Crippen molar-refractivity contribution in [3.05, 3.63) is 42.2 Å². The van der Waals surface area contributed by atoms with E-state index >= 15 is 0 Å². The Labute approximate surface area is 124 Å². The quantitative estimate of drug-likeness (QED) is 0.844. The van der Waals surface area contributed by atoms with Gasteiger partial charge in [-0.15, -0.1) is 0 Å². The standard InChI is InChI=1S/C15H18N6/c1-21(2)8-7-17-14-9-15(19-11-18-14)20-13-6-4-3-5-12(13)10-16/h3-6,9,11H,7-8H2,1-2H3,(H2,17,18,19,20). The Bertz CT molecular complexity index is 632. The maximum absolute atomic E-state index is 9.08. The molecule has 2 N–H and O–H groups in total. The molecule has 0 fully saturated rings. The summed E-state index contributed by atoms with van der Waals surface area (Å²) in [4.78, 5) is 10.4. The van der Waals surface area contributed by atoms with Crippen molar-refractivity contribution < 1.29 is 0 Å². The molecule has 0 atom stereocenters. The highest BCUT2D eigenvalue weighted by Crippen LogP contribution is 2.19. The number of hydrogen-bond donors (Lipinski definition) is 2. The van der Waals surface area contributed by atoms with Crippen molar-refractivity contribution in [2.75, 3.05) is 37.8 Å². The molecule has 6 heteroatoms. The zero-order valence-electron chi connectivity index (χ0n) is 12.2. The third-order valence-electron chi connectivity index (χ3n) is 2.84. The van der Waals surface area contributed by atoms with E-state index in [9.17, 15) is 0 Å². The lowest BCUT2D eigenvalue weighted by atomic mass is 10.2. The first kappa shape index (κ1) is 14.8. The molecule has 1 aromatic carbocycles. The van der Waals surface area contributed by atoms with Crippen molar-refractivity contribution in [3.63, 3.8) is 0 Å². The van der Waals surface area contributed by atoms with E-state index in [0.29, 0.717) is 11.4 Å². The number of aromatic nitrogens is 2. The van der Waals surface area contributed by atoms with E-state index in [2.05, 4.69) is 31.6 Å². The van der Waals surface area contributed by atoms with Crippen LogP contribution in [0.25, 0.3) is 0 Å². The van der Waals surface area contributed by atoms with Crippen molar-refractivity contribution in [3.8, 4) is 6.07 Å². The molecule has 1 heterocycles. The maximum atomic E-state index is 9.08. The summed E-state index contributed by atoms with van der Waals surface area (Å²) in [5.74, 6) is 1.41. The number of nitrogens with zero attached hydrogens (tertiary/aromatic N) is 4. The van der Waals surface area contributed by atoms with Crippen LogP contribution >= 0.6 is 0 Å². The smallest absolute Gasteiger partial charge is 0.135 e. The van der Waals surface area contributed by atoms with Gasteiger partial charge in [-0.2, -0.15) is 5.26 Å². The third-order valence-corrected chi connectivity index (χ3v) is 2.84. The van der Waals surface area contributed by atoms with Gasteiger partial charge >= 0.3 is 0 Å². The molecule has 0 aliphatic heterocycles. The van der Waals surface area contributed by atoms with E-state index < -0.39 is 0 Å². The van der Waals surface area contributed by atoms with Gasteiger partial charge in [0.05, 0.1) is 11.3 Å². The van der Waals surface area contributed by atoms with Crippen LogP contribution in [0.1, 0.15) is 5.56 Å². The van der Waals surface area contributed by atoms with Gasteiger partial charge in [0.25, 0.3) is 0 Å². The molecule has 6 nitrogen and oxygen atoms in total. The maximum Gasteiger partial charge on any atom is 0.135 e. The summed E-state index contributed by atoms with van der Waals surface area (Å²) in [6.45, 7) is 1.72. The summed E-state index contributed by atoms with van der Waals surface area (Å²) >= 11 is 0. The summed E-state index contributed by atoms with van der Waals surface area (Å²) in [7, 11) is 4.04. The molecular formula is C15H18N6. The van der Waals surface area contributed by atoms with Crippen LogP contribution in [0.2, 0.25) is 0 Å². The van der Waals surface area contributed by atoms with E-state index in [4.69, 9.17) is 5.26 Å². The van der Waals surface area contributed by atoms with E-state index in [0.717, 1.165) is 24.6 Å². The van der Waals surface area contributed by atoms with Gasteiger partial charge < -0.3 is 15.5 Å². The van der Waals surface area contributed by atoms with Gasteiger partial charge in [-0.05, 0) is 26.2 Å². The first-order chi connectivity index (χ1) is 10.2. The van der Waals surface area contributed by atoms with Gasteiger partial charge in [-0.3, -0.25) is 0 Å². The summed E-state index contributed by atoms with van der Waals surface area (Å²) in [5, 5.41) is 15.5. The largest absolute Gasteiger partial charge is 0.369 e. The van der Waals surface area contributed by atoms with Crippen LogP contribution in [0.5, 0.6) is 0 Å². The van der Waals surface area contributed by atoms with Gasteiger partial charge in [0.1, 0.15) is 24.0 Å². The van der Waals surface area contributed by atoms with Crippen molar-refractivity contribution in [2.24, 2.45) is 0 Å². The Hall–Kier alpha value is -2.65. The number of para-hydroxylation sites is 1. The first-order valence-corrected chi connectivity index (χ1v) is 6.66. The normalized spacial score (nSPS) is 10.2. The van der Waals surface area contributed by atoms with Crippen LogP contribution in [-0.2, 0) is 0 Å². The second-order valence-electron chi connectivity index (χ2n) is 4.80. The topological polar surface area (TPSA) is 76.9 Å². The minimum absolute atomic E-state index is 0.582. The Balaban J connectivity index is 2.06. The van der Waals surface area contributed by atoms with Crippen LogP contribution < -0.4 is 10.6 Å². The molecule has 0 aliphatic carbocycles. The highest BCUT2D eigenvalue weighted by molar-refractivity contribution is 5.65. The fraction of sp³-hybridized carbons (Fsp3) is 0.267. The molecule has 0 bridgehead atoms. The van der Waals surface area contributed by atoms with E-state index in [1.54, 1.807) is 6.07 Å². The third kappa shape index (κ3) is 4.44. The summed E-state index contributed by atoms with van der Waals surface area (Å²) in [6.07, 6.45) is 1.50. The molecular weight excluding hydrogens is 264 g/mol. The Morgan fingerprint density at radius 3 is 2.71 bits per heavy atom. The number of nitriles is 1. The number of benzene rings is 1. The highest BCUT2D eigenvalue weighted by Gasteiger charge is 2.03. The minimum atomic E-state index is 0.582. The molecule has 0 spiro atoms. The molecule has 0 unspecified atom stereocenters. The van der Waals surface area contributed by atoms with Gasteiger partial charge in [0.15, 0.2) is 0 Å².